The van der Waals surface area contributed by atoms with Gasteiger partial charge in [0.15, 0.2) is 0 Å². The summed E-state index contributed by atoms with van der Waals surface area (Å²) in [5.41, 5.74) is 3.90. The molecule has 1 N–H and O–H groups in total. The molecule has 8 nitrogen and oxygen atoms in total. The molecule has 29 heavy (non-hydrogen) atoms. The minimum absolute atomic E-state index is 0.000643. The molecule has 0 spiro atoms. The van der Waals surface area contributed by atoms with Crippen LogP contribution in [0.15, 0.2) is 24.3 Å². The zero-order chi connectivity index (χ0) is 20.5. The van der Waals surface area contributed by atoms with Gasteiger partial charge in [0.05, 0.1) is 31.1 Å². The van der Waals surface area contributed by atoms with E-state index in [1.54, 1.807) is 16.7 Å². The fraction of sp³-hybridized carbons (Fsp3) is 0.476. The van der Waals surface area contributed by atoms with Crippen LogP contribution in [-0.4, -0.2) is 52.9 Å². The van der Waals surface area contributed by atoms with E-state index in [0.29, 0.717) is 31.8 Å². The van der Waals surface area contributed by atoms with Gasteiger partial charge in [-0.1, -0.05) is 18.2 Å². The van der Waals surface area contributed by atoms with E-state index in [2.05, 4.69) is 10.4 Å². The molecule has 2 aliphatic rings. The van der Waals surface area contributed by atoms with Crippen molar-refractivity contribution in [3.63, 3.8) is 0 Å². The lowest BCUT2D eigenvalue weighted by atomic mass is 9.99. The molecule has 0 radical (unpaired) electrons. The van der Waals surface area contributed by atoms with Crippen LogP contribution in [0.25, 0.3) is 0 Å². The van der Waals surface area contributed by atoms with Crippen LogP contribution >= 0.6 is 0 Å². The smallest absolute Gasteiger partial charge is 0.273 e. The van der Waals surface area contributed by atoms with Gasteiger partial charge in [0.2, 0.25) is 5.91 Å². The van der Waals surface area contributed by atoms with E-state index in [1.807, 2.05) is 38.1 Å². The highest BCUT2D eigenvalue weighted by Crippen LogP contribution is 2.32. The number of carbonyl (C=O) groups is 2. The number of amides is 2. The second-order valence-electron chi connectivity index (χ2n) is 7.59. The molecule has 2 atom stereocenters. The van der Waals surface area contributed by atoms with E-state index in [4.69, 9.17) is 9.47 Å². The Morgan fingerprint density at radius 2 is 2.10 bits per heavy atom. The van der Waals surface area contributed by atoms with Crippen LogP contribution in [0.1, 0.15) is 47.3 Å². The predicted octanol–water partition coefficient (Wildman–Crippen LogP) is 2.15. The van der Waals surface area contributed by atoms with Gasteiger partial charge in [-0.2, -0.15) is 5.10 Å². The number of anilines is 1. The van der Waals surface area contributed by atoms with Crippen LogP contribution in [0, 0.1) is 0 Å². The molecule has 2 amide bonds. The number of fused-ring (bicyclic) bond motifs is 2. The molecule has 0 saturated heterocycles. The van der Waals surface area contributed by atoms with Crippen molar-refractivity contribution >= 4 is 17.5 Å². The third kappa shape index (κ3) is 3.77. The maximum Gasteiger partial charge on any atom is 0.273 e. The van der Waals surface area contributed by atoms with Crippen molar-refractivity contribution in [2.24, 2.45) is 0 Å². The highest BCUT2D eigenvalue weighted by atomic mass is 16.5. The molecule has 0 saturated carbocycles. The lowest BCUT2D eigenvalue weighted by Gasteiger charge is -2.26. The highest BCUT2D eigenvalue weighted by Gasteiger charge is 2.35. The maximum absolute atomic E-state index is 13.6. The molecular weight excluding hydrogens is 372 g/mol. The van der Waals surface area contributed by atoms with Gasteiger partial charge in [-0.25, -0.2) is 0 Å². The van der Waals surface area contributed by atoms with Gasteiger partial charge >= 0.3 is 0 Å². The van der Waals surface area contributed by atoms with Gasteiger partial charge in [0.25, 0.3) is 5.91 Å². The van der Waals surface area contributed by atoms with Gasteiger partial charge in [0.1, 0.15) is 12.2 Å². The normalized spacial score (nSPS) is 21.2. The minimum Gasteiger partial charge on any atom is -0.383 e. The second kappa shape index (κ2) is 7.96. The van der Waals surface area contributed by atoms with E-state index >= 15 is 0 Å². The van der Waals surface area contributed by atoms with Crippen molar-refractivity contribution in [3.05, 3.63) is 46.8 Å². The lowest BCUT2D eigenvalue weighted by Crippen LogP contribution is -2.37. The number of benzene rings is 1. The van der Waals surface area contributed by atoms with E-state index in [0.717, 1.165) is 22.5 Å². The lowest BCUT2D eigenvalue weighted by molar-refractivity contribution is -0.116. The molecule has 0 fully saturated rings. The molecule has 3 heterocycles. The Hall–Kier alpha value is -2.71. The number of methoxy groups -OCH3 is 1. The second-order valence-corrected chi connectivity index (χ2v) is 7.59. The molecule has 2 aromatic rings. The zero-order valence-electron chi connectivity index (χ0n) is 17.0. The predicted molar refractivity (Wildman–Crippen MR) is 107 cm³/mol. The molecule has 1 aromatic heterocycles. The quantitative estimate of drug-likeness (QED) is 0.853. The topological polar surface area (TPSA) is 85.7 Å². The van der Waals surface area contributed by atoms with E-state index < -0.39 is 0 Å². The summed E-state index contributed by atoms with van der Waals surface area (Å²) in [5, 5.41) is 7.55. The summed E-state index contributed by atoms with van der Waals surface area (Å²) in [6.45, 7) is 5.21. The van der Waals surface area contributed by atoms with Gasteiger partial charge < -0.3 is 19.7 Å². The molecular formula is C21H26N4O4. The summed E-state index contributed by atoms with van der Waals surface area (Å²) in [5.74, 6) is -0.395. The van der Waals surface area contributed by atoms with E-state index in [-0.39, 0.29) is 30.6 Å². The van der Waals surface area contributed by atoms with Crippen molar-refractivity contribution in [2.75, 3.05) is 25.6 Å². The summed E-state index contributed by atoms with van der Waals surface area (Å²) < 4.78 is 12.8. The van der Waals surface area contributed by atoms with Crippen LogP contribution in [0.5, 0.6) is 0 Å². The number of ether oxygens (including phenoxy) is 2. The van der Waals surface area contributed by atoms with Crippen molar-refractivity contribution in [1.82, 2.24) is 14.7 Å². The van der Waals surface area contributed by atoms with E-state index in [1.165, 1.54) is 0 Å². The standard InChI is InChI=1S/C21H26N4O4/c1-13-10-16-19(14(2)29-13)23-25(8-9-28-3)20(16)21(27)24-11-15-6-4-5-7-17(15)22-18(26)12-24/h4-7,13-14H,8-12H2,1-3H3,(H,22,26)/t13-,14+/m0/s1. The average molecular weight is 398 g/mol. The molecule has 8 heteroatoms. The number of hydrogen-bond donors (Lipinski definition) is 1. The number of aromatic nitrogens is 2. The van der Waals surface area contributed by atoms with Crippen LogP contribution < -0.4 is 5.32 Å². The molecule has 0 aliphatic carbocycles. The number of para-hydroxylation sites is 1. The fourth-order valence-corrected chi connectivity index (χ4v) is 4.07. The Kier molecular flexibility index (Phi) is 5.38. The monoisotopic (exact) mass is 398 g/mol. The number of rotatable bonds is 4. The van der Waals surface area contributed by atoms with Gasteiger partial charge in [-0.15, -0.1) is 0 Å². The first-order chi connectivity index (χ1) is 14.0. The molecule has 0 bridgehead atoms. The van der Waals surface area contributed by atoms with Crippen molar-refractivity contribution in [2.45, 2.75) is 45.6 Å². The third-order valence-corrected chi connectivity index (χ3v) is 5.38. The summed E-state index contributed by atoms with van der Waals surface area (Å²) in [6.07, 6.45) is 0.430. The maximum atomic E-state index is 13.6. The number of carbonyl (C=O) groups excluding carboxylic acids is 2. The van der Waals surface area contributed by atoms with Gasteiger partial charge in [-0.3, -0.25) is 14.3 Å². The minimum atomic E-state index is -0.204. The molecule has 154 valence electrons. The SMILES string of the molecule is COCCn1nc2c(c1C(=O)N1CC(=O)Nc3ccccc3C1)C[C@H](C)O[C@@H]2C. The van der Waals surface area contributed by atoms with Crippen molar-refractivity contribution < 1.29 is 19.1 Å². The Morgan fingerprint density at radius 1 is 1.31 bits per heavy atom. The van der Waals surface area contributed by atoms with Gasteiger partial charge in [-0.05, 0) is 25.5 Å². The Morgan fingerprint density at radius 3 is 2.90 bits per heavy atom. The first-order valence-corrected chi connectivity index (χ1v) is 9.89. The molecule has 4 rings (SSSR count). The zero-order valence-corrected chi connectivity index (χ0v) is 17.0. The Balaban J connectivity index is 1.73. The summed E-state index contributed by atoms with van der Waals surface area (Å²) in [7, 11) is 1.62. The van der Waals surface area contributed by atoms with Crippen molar-refractivity contribution in [3.8, 4) is 0 Å². The van der Waals surface area contributed by atoms with Crippen LogP contribution in [0.3, 0.4) is 0 Å². The average Bonchev–Trinajstić information content (AvgIpc) is 2.95. The summed E-state index contributed by atoms with van der Waals surface area (Å²) >= 11 is 0. The van der Waals surface area contributed by atoms with E-state index in [9.17, 15) is 9.59 Å². The number of nitrogens with one attached hydrogen (secondary N) is 1. The number of hydrogen-bond acceptors (Lipinski definition) is 5. The first-order valence-electron chi connectivity index (χ1n) is 9.89. The number of nitrogens with zero attached hydrogens (tertiary/aromatic N) is 3. The Bertz CT molecular complexity index is 939. The van der Waals surface area contributed by atoms with Crippen LogP contribution in [0.2, 0.25) is 0 Å². The van der Waals surface area contributed by atoms with Crippen molar-refractivity contribution in [1.29, 1.82) is 0 Å². The summed E-state index contributed by atoms with van der Waals surface area (Å²) in [4.78, 5) is 27.6. The first kappa shape index (κ1) is 19.6. The molecule has 2 aliphatic heterocycles. The molecule has 0 unspecified atom stereocenters. The largest absolute Gasteiger partial charge is 0.383 e. The fourth-order valence-electron chi connectivity index (χ4n) is 4.07. The highest BCUT2D eigenvalue weighted by molar-refractivity contribution is 6.00. The van der Waals surface area contributed by atoms with Gasteiger partial charge in [0, 0.05) is 31.3 Å². The van der Waals surface area contributed by atoms with Crippen LogP contribution in [-0.2, 0) is 33.8 Å². The van der Waals surface area contributed by atoms with Crippen LogP contribution in [0.4, 0.5) is 5.69 Å². The Labute approximate surface area is 169 Å². The molecule has 1 aromatic carbocycles. The summed E-state index contributed by atoms with van der Waals surface area (Å²) in [6, 6.07) is 7.56. The third-order valence-electron chi connectivity index (χ3n) is 5.38.